The minimum atomic E-state index is -3.67. The number of benzene rings is 1. The molecule has 0 aliphatic heterocycles. The number of hydrogen-bond acceptors (Lipinski definition) is 6. The second-order valence-electron chi connectivity index (χ2n) is 4.37. The highest BCUT2D eigenvalue weighted by Gasteiger charge is 2.09. The minimum absolute atomic E-state index is 0.303. The van der Waals surface area contributed by atoms with Gasteiger partial charge in [-0.3, -0.25) is 13.9 Å². The van der Waals surface area contributed by atoms with Crippen LogP contribution in [0.2, 0.25) is 0 Å². The average Bonchev–Trinajstić information content (AvgIpc) is 2.80. The molecule has 118 valence electrons. The van der Waals surface area contributed by atoms with Crippen molar-refractivity contribution in [2.45, 2.75) is 6.92 Å². The first kappa shape index (κ1) is 16.0. The lowest BCUT2D eigenvalue weighted by atomic mass is 10.3. The van der Waals surface area contributed by atoms with Gasteiger partial charge in [-0.25, -0.2) is 4.39 Å². The van der Waals surface area contributed by atoms with Gasteiger partial charge in [0.1, 0.15) is 5.82 Å². The van der Waals surface area contributed by atoms with Crippen molar-refractivity contribution >= 4 is 32.7 Å². The van der Waals surface area contributed by atoms with Crippen molar-refractivity contribution in [1.29, 1.82) is 0 Å². The predicted octanol–water partition coefficient (Wildman–Crippen LogP) is 1.35. The van der Waals surface area contributed by atoms with Gasteiger partial charge in [-0.1, -0.05) is 0 Å². The van der Waals surface area contributed by atoms with E-state index in [1.54, 1.807) is 12.3 Å². The van der Waals surface area contributed by atoms with Crippen LogP contribution in [0.5, 0.6) is 0 Å². The fraction of sp³-hybridized carbons (Fsp3) is 0.250. The second kappa shape index (κ2) is 6.20. The third kappa shape index (κ3) is 3.86. The number of nitrogens with one attached hydrogen (secondary N) is 1. The Morgan fingerprint density at radius 3 is 2.68 bits per heavy atom. The summed E-state index contributed by atoms with van der Waals surface area (Å²) in [6, 6.07) is 4.47. The topological polar surface area (TPSA) is 109 Å². The van der Waals surface area contributed by atoms with Crippen molar-refractivity contribution in [3.63, 3.8) is 0 Å². The highest BCUT2D eigenvalue weighted by atomic mass is 32.2. The van der Waals surface area contributed by atoms with Crippen LogP contribution < -0.4 is 5.32 Å². The number of halogens is 1. The Morgan fingerprint density at radius 1 is 1.36 bits per heavy atom. The summed E-state index contributed by atoms with van der Waals surface area (Å²) in [4.78, 5) is 4.15. The van der Waals surface area contributed by atoms with E-state index < -0.39 is 10.1 Å². The van der Waals surface area contributed by atoms with Crippen LogP contribution in [0.15, 0.2) is 24.4 Å². The first-order valence-corrected chi connectivity index (χ1v) is 8.10. The molecule has 2 aromatic heterocycles. The van der Waals surface area contributed by atoms with Crippen LogP contribution in [0, 0.1) is 5.82 Å². The molecule has 8 nitrogen and oxygen atoms in total. The normalized spacial score (nSPS) is 11.3. The van der Waals surface area contributed by atoms with Crippen LogP contribution in [0.1, 0.15) is 6.92 Å². The molecular formula is C12H14FN5O3S. The van der Waals surface area contributed by atoms with E-state index in [-0.39, 0.29) is 5.82 Å². The number of nitrogens with zero attached hydrogens (tertiary/aromatic N) is 4. The number of fused-ring (bicyclic) bond motifs is 3. The van der Waals surface area contributed by atoms with Crippen LogP contribution in [0.4, 0.5) is 10.3 Å². The molecule has 10 heteroatoms. The third-order valence-electron chi connectivity index (χ3n) is 2.52. The van der Waals surface area contributed by atoms with Crippen molar-refractivity contribution in [3.05, 3.63) is 30.2 Å². The lowest BCUT2D eigenvalue weighted by molar-refractivity contribution is 0.490. The fourth-order valence-electron chi connectivity index (χ4n) is 1.81. The highest BCUT2D eigenvalue weighted by Crippen LogP contribution is 2.18. The van der Waals surface area contributed by atoms with Gasteiger partial charge < -0.3 is 5.32 Å². The smallest absolute Gasteiger partial charge is 0.261 e. The molecular weight excluding hydrogens is 313 g/mol. The first-order chi connectivity index (χ1) is 10.3. The Labute approximate surface area is 125 Å². The quantitative estimate of drug-likeness (QED) is 0.684. The molecule has 0 fully saturated rings. The summed E-state index contributed by atoms with van der Waals surface area (Å²) in [5, 5.41) is 11.1. The molecule has 2 heterocycles. The van der Waals surface area contributed by atoms with Crippen molar-refractivity contribution in [1.82, 2.24) is 19.6 Å². The van der Waals surface area contributed by atoms with Crippen molar-refractivity contribution in [2.75, 3.05) is 18.1 Å². The van der Waals surface area contributed by atoms with Crippen LogP contribution in [0.3, 0.4) is 0 Å². The lowest BCUT2D eigenvalue weighted by Gasteiger charge is -2.04. The van der Waals surface area contributed by atoms with Crippen LogP contribution in [-0.4, -0.2) is 45.4 Å². The van der Waals surface area contributed by atoms with Gasteiger partial charge in [-0.15, -0.1) is 10.2 Å². The summed E-state index contributed by atoms with van der Waals surface area (Å²) in [7, 11) is -3.67. The predicted molar refractivity (Wildman–Crippen MR) is 79.9 cm³/mol. The van der Waals surface area contributed by atoms with Crippen LogP contribution in [0.25, 0.3) is 16.7 Å². The van der Waals surface area contributed by atoms with E-state index in [1.165, 1.54) is 12.1 Å². The number of aromatic nitrogens is 4. The molecule has 0 unspecified atom stereocenters. The van der Waals surface area contributed by atoms with E-state index in [1.807, 2.05) is 11.3 Å². The third-order valence-corrected chi connectivity index (χ3v) is 2.52. The van der Waals surface area contributed by atoms with Crippen molar-refractivity contribution in [2.24, 2.45) is 0 Å². The zero-order chi connectivity index (χ0) is 16.3. The zero-order valence-electron chi connectivity index (χ0n) is 11.9. The Hall–Kier alpha value is -2.33. The monoisotopic (exact) mass is 327 g/mol. The van der Waals surface area contributed by atoms with Gasteiger partial charge in [0.05, 0.1) is 23.5 Å². The van der Waals surface area contributed by atoms with Gasteiger partial charge in [0.15, 0.2) is 5.65 Å². The molecule has 0 saturated carbocycles. The van der Waals surface area contributed by atoms with Gasteiger partial charge in [0.2, 0.25) is 5.95 Å². The van der Waals surface area contributed by atoms with Gasteiger partial charge in [-0.05, 0) is 19.1 Å². The standard InChI is InChI=1S/C11H10FN5.CH4O3S/c1-2-13-11-16-15-10-6-14-8-5-7(12)3-4-9(8)17(10)11;1-5(2,3)4/h3-6H,2H2,1H3,(H,13,16);1H3,(H,2,3,4). The summed E-state index contributed by atoms with van der Waals surface area (Å²) < 4.78 is 40.8. The zero-order valence-corrected chi connectivity index (χ0v) is 12.7. The van der Waals surface area contributed by atoms with Crippen molar-refractivity contribution in [3.8, 4) is 0 Å². The maximum Gasteiger partial charge on any atom is 0.261 e. The van der Waals surface area contributed by atoms with E-state index >= 15 is 0 Å². The van der Waals surface area contributed by atoms with Crippen molar-refractivity contribution < 1.29 is 17.4 Å². The van der Waals surface area contributed by atoms with E-state index in [4.69, 9.17) is 4.55 Å². The molecule has 1 aromatic carbocycles. The first-order valence-electron chi connectivity index (χ1n) is 6.25. The second-order valence-corrected chi connectivity index (χ2v) is 5.84. The molecule has 0 bridgehead atoms. The van der Waals surface area contributed by atoms with Gasteiger partial charge in [0.25, 0.3) is 10.1 Å². The Kier molecular flexibility index (Phi) is 4.52. The molecule has 0 aliphatic carbocycles. The summed E-state index contributed by atoms with van der Waals surface area (Å²) in [5.41, 5.74) is 2.00. The van der Waals surface area contributed by atoms with Crippen LogP contribution in [-0.2, 0) is 10.1 Å². The molecule has 3 aromatic rings. The van der Waals surface area contributed by atoms with Gasteiger partial charge in [0, 0.05) is 12.6 Å². The van der Waals surface area contributed by atoms with E-state index in [2.05, 4.69) is 20.5 Å². The molecule has 0 radical (unpaired) electrons. The lowest BCUT2D eigenvalue weighted by Crippen LogP contribution is -2.02. The summed E-state index contributed by atoms with van der Waals surface area (Å²) in [6.07, 6.45) is 2.29. The maximum atomic E-state index is 13.1. The Balaban J connectivity index is 0.000000309. The highest BCUT2D eigenvalue weighted by molar-refractivity contribution is 7.85. The number of hydrogen-bond donors (Lipinski definition) is 2. The molecule has 0 atom stereocenters. The Bertz CT molecular complexity index is 902. The summed E-state index contributed by atoms with van der Waals surface area (Å²) in [5.74, 6) is 0.337. The maximum absolute atomic E-state index is 13.1. The number of anilines is 1. The van der Waals surface area contributed by atoms with E-state index in [0.717, 1.165) is 12.1 Å². The number of rotatable bonds is 2. The fourth-order valence-corrected chi connectivity index (χ4v) is 1.81. The Morgan fingerprint density at radius 2 is 2.05 bits per heavy atom. The summed E-state index contributed by atoms with van der Waals surface area (Å²) >= 11 is 0. The van der Waals surface area contributed by atoms with E-state index in [0.29, 0.717) is 23.4 Å². The largest absolute Gasteiger partial charge is 0.354 e. The van der Waals surface area contributed by atoms with Gasteiger partial charge >= 0.3 is 0 Å². The summed E-state index contributed by atoms with van der Waals surface area (Å²) in [6.45, 7) is 2.72. The minimum Gasteiger partial charge on any atom is -0.354 e. The average molecular weight is 327 g/mol. The van der Waals surface area contributed by atoms with Gasteiger partial charge in [-0.2, -0.15) is 8.42 Å². The van der Waals surface area contributed by atoms with Crippen LogP contribution >= 0.6 is 0 Å². The molecule has 3 rings (SSSR count). The molecule has 0 amide bonds. The molecule has 0 aliphatic rings. The molecule has 0 spiro atoms. The molecule has 22 heavy (non-hydrogen) atoms. The SMILES string of the molecule is CCNc1nnc2cnc3cc(F)ccc3n12.CS(=O)(=O)O. The molecule has 2 N–H and O–H groups in total. The molecule has 0 saturated heterocycles. The van der Waals surface area contributed by atoms with E-state index in [9.17, 15) is 12.8 Å².